The fourth-order valence-corrected chi connectivity index (χ4v) is 2.48. The first kappa shape index (κ1) is 17.7. The van der Waals surface area contributed by atoms with Crippen LogP contribution >= 0.6 is 0 Å². The van der Waals surface area contributed by atoms with E-state index in [9.17, 15) is 9.59 Å². The van der Waals surface area contributed by atoms with Gasteiger partial charge < -0.3 is 16.0 Å². The first-order valence-electron chi connectivity index (χ1n) is 8.09. The van der Waals surface area contributed by atoms with Crippen LogP contribution in [0.2, 0.25) is 0 Å². The molecular formula is C19H24N3O2+. The molecule has 0 unspecified atom stereocenters. The van der Waals surface area contributed by atoms with Crippen LogP contribution in [0.15, 0.2) is 60.7 Å². The molecule has 0 saturated carbocycles. The molecule has 0 bridgehead atoms. The van der Waals surface area contributed by atoms with Crippen LogP contribution in [0.1, 0.15) is 17.2 Å². The van der Waals surface area contributed by atoms with Crippen molar-refractivity contribution >= 4 is 11.8 Å². The number of carbonyl (C=O) groups is 2. The van der Waals surface area contributed by atoms with Crippen LogP contribution in [-0.2, 0) is 16.0 Å². The molecule has 0 spiro atoms. The second kappa shape index (κ2) is 9.47. The standard InChI is InChI=1S/C19H23N3O2/c1-20-18(23)13-21-14-19(24)22-17(16-10-6-3-7-11-16)12-15-8-4-2-5-9-15/h2-11,17,21H,12-14H2,1H3,(H,20,23)(H,22,24)/p+1/t17-/m0/s1. The second-order valence-corrected chi connectivity index (χ2v) is 5.59. The molecule has 2 amide bonds. The Hall–Kier alpha value is -2.66. The van der Waals surface area contributed by atoms with E-state index >= 15 is 0 Å². The van der Waals surface area contributed by atoms with Crippen LogP contribution in [0, 0.1) is 0 Å². The maximum absolute atomic E-state index is 12.2. The third-order valence-electron chi connectivity index (χ3n) is 3.76. The van der Waals surface area contributed by atoms with E-state index in [0.717, 1.165) is 12.0 Å². The minimum absolute atomic E-state index is 0.0799. The minimum atomic E-state index is -0.0910. The van der Waals surface area contributed by atoms with Gasteiger partial charge in [-0.05, 0) is 17.5 Å². The van der Waals surface area contributed by atoms with E-state index < -0.39 is 0 Å². The van der Waals surface area contributed by atoms with Gasteiger partial charge in [0, 0.05) is 7.05 Å². The Morgan fingerprint density at radius 2 is 1.50 bits per heavy atom. The van der Waals surface area contributed by atoms with Gasteiger partial charge in [0.15, 0.2) is 13.1 Å². The smallest absolute Gasteiger partial charge is 0.275 e. The van der Waals surface area contributed by atoms with Gasteiger partial charge in [0.25, 0.3) is 11.8 Å². The second-order valence-electron chi connectivity index (χ2n) is 5.59. The van der Waals surface area contributed by atoms with E-state index in [4.69, 9.17) is 0 Å². The van der Waals surface area contributed by atoms with Gasteiger partial charge in [0.2, 0.25) is 0 Å². The summed E-state index contributed by atoms with van der Waals surface area (Å²) in [6.07, 6.45) is 0.728. The predicted molar refractivity (Wildman–Crippen MR) is 93.2 cm³/mol. The van der Waals surface area contributed by atoms with E-state index in [0.29, 0.717) is 0 Å². The lowest BCUT2D eigenvalue weighted by atomic mass is 9.99. The number of nitrogens with one attached hydrogen (secondary N) is 2. The number of hydrogen-bond acceptors (Lipinski definition) is 2. The minimum Gasteiger partial charge on any atom is -0.354 e. The Morgan fingerprint density at radius 1 is 0.917 bits per heavy atom. The fourth-order valence-electron chi connectivity index (χ4n) is 2.48. The van der Waals surface area contributed by atoms with E-state index in [1.165, 1.54) is 5.56 Å². The van der Waals surface area contributed by atoms with Gasteiger partial charge in [-0.15, -0.1) is 0 Å². The summed E-state index contributed by atoms with van der Waals surface area (Å²) in [6, 6.07) is 19.9. The van der Waals surface area contributed by atoms with Crippen LogP contribution in [0.5, 0.6) is 0 Å². The molecule has 2 rings (SSSR count). The molecule has 5 nitrogen and oxygen atoms in total. The van der Waals surface area contributed by atoms with Crippen molar-refractivity contribution in [1.29, 1.82) is 0 Å². The van der Waals surface area contributed by atoms with Crippen LogP contribution < -0.4 is 16.0 Å². The molecule has 0 aromatic heterocycles. The predicted octanol–water partition coefficient (Wildman–Crippen LogP) is 0.396. The summed E-state index contributed by atoms with van der Waals surface area (Å²) in [6.45, 7) is 0.476. The Morgan fingerprint density at radius 3 is 2.12 bits per heavy atom. The molecule has 126 valence electrons. The highest BCUT2D eigenvalue weighted by Gasteiger charge is 2.16. The van der Waals surface area contributed by atoms with Gasteiger partial charge in [-0.3, -0.25) is 9.59 Å². The fraction of sp³-hybridized carbons (Fsp3) is 0.263. The zero-order valence-corrected chi connectivity index (χ0v) is 13.9. The van der Waals surface area contributed by atoms with Crippen LogP contribution in [0.4, 0.5) is 0 Å². The summed E-state index contributed by atoms with van der Waals surface area (Å²) >= 11 is 0. The molecule has 0 fully saturated rings. The normalized spacial score (nSPS) is 11.5. The van der Waals surface area contributed by atoms with E-state index in [1.54, 1.807) is 12.4 Å². The zero-order valence-electron chi connectivity index (χ0n) is 13.9. The Labute approximate surface area is 142 Å². The molecule has 0 aliphatic rings. The highest BCUT2D eigenvalue weighted by Crippen LogP contribution is 2.18. The third-order valence-corrected chi connectivity index (χ3v) is 3.76. The average Bonchev–Trinajstić information content (AvgIpc) is 2.62. The van der Waals surface area contributed by atoms with Crippen LogP contribution in [-0.4, -0.2) is 32.0 Å². The van der Waals surface area contributed by atoms with Crippen molar-refractivity contribution in [1.82, 2.24) is 10.6 Å². The number of carbonyl (C=O) groups excluding carboxylic acids is 2. The largest absolute Gasteiger partial charge is 0.354 e. The quantitative estimate of drug-likeness (QED) is 0.657. The average molecular weight is 326 g/mol. The topological polar surface area (TPSA) is 74.8 Å². The Balaban J connectivity index is 1.98. The number of amides is 2. The summed E-state index contributed by atoms with van der Waals surface area (Å²) in [5, 5.41) is 7.30. The first-order valence-corrected chi connectivity index (χ1v) is 8.09. The van der Waals surface area contributed by atoms with Gasteiger partial charge in [0.1, 0.15) is 0 Å². The van der Waals surface area contributed by atoms with Gasteiger partial charge in [-0.1, -0.05) is 60.7 Å². The lowest BCUT2D eigenvalue weighted by molar-refractivity contribution is -0.633. The van der Waals surface area contributed by atoms with Crippen molar-refractivity contribution in [3.8, 4) is 0 Å². The molecule has 0 aliphatic carbocycles. The lowest BCUT2D eigenvalue weighted by Crippen LogP contribution is -2.88. The molecule has 24 heavy (non-hydrogen) atoms. The van der Waals surface area contributed by atoms with E-state index in [2.05, 4.69) is 22.8 Å². The van der Waals surface area contributed by atoms with Crippen LogP contribution in [0.3, 0.4) is 0 Å². The lowest BCUT2D eigenvalue weighted by Gasteiger charge is -2.19. The SMILES string of the molecule is CNC(=O)C[NH2+]CC(=O)N[C@@H](Cc1ccccc1)c1ccccc1. The van der Waals surface area contributed by atoms with Gasteiger partial charge in [0.05, 0.1) is 6.04 Å². The van der Waals surface area contributed by atoms with Crippen molar-refractivity contribution in [3.05, 3.63) is 71.8 Å². The molecular weight excluding hydrogens is 302 g/mol. The number of hydrogen-bond donors (Lipinski definition) is 3. The molecule has 2 aromatic carbocycles. The van der Waals surface area contributed by atoms with Gasteiger partial charge in [-0.25, -0.2) is 0 Å². The summed E-state index contributed by atoms with van der Waals surface area (Å²) in [4.78, 5) is 23.4. The Bertz CT molecular complexity index is 644. The molecule has 0 aliphatic heterocycles. The highest BCUT2D eigenvalue weighted by atomic mass is 16.2. The van der Waals surface area contributed by atoms with Gasteiger partial charge >= 0.3 is 0 Å². The monoisotopic (exact) mass is 326 g/mol. The maximum Gasteiger partial charge on any atom is 0.275 e. The number of rotatable bonds is 8. The molecule has 1 atom stereocenters. The number of quaternary nitrogens is 1. The highest BCUT2D eigenvalue weighted by molar-refractivity contribution is 5.78. The van der Waals surface area contributed by atoms with E-state index in [1.807, 2.05) is 48.5 Å². The molecule has 0 radical (unpaired) electrons. The van der Waals surface area contributed by atoms with Crippen molar-refractivity contribution in [2.75, 3.05) is 20.1 Å². The summed E-state index contributed by atoms with van der Waals surface area (Å²) in [5.41, 5.74) is 2.24. The van der Waals surface area contributed by atoms with Crippen molar-refractivity contribution < 1.29 is 14.9 Å². The summed E-state index contributed by atoms with van der Waals surface area (Å²) < 4.78 is 0. The molecule has 4 N–H and O–H groups in total. The van der Waals surface area contributed by atoms with Gasteiger partial charge in [-0.2, -0.15) is 0 Å². The van der Waals surface area contributed by atoms with Crippen molar-refractivity contribution in [2.45, 2.75) is 12.5 Å². The molecule has 0 saturated heterocycles. The number of benzene rings is 2. The third kappa shape index (κ3) is 5.85. The summed E-state index contributed by atoms with van der Waals surface area (Å²) in [7, 11) is 1.58. The zero-order chi connectivity index (χ0) is 17.2. The molecule has 5 heteroatoms. The number of nitrogens with two attached hydrogens (primary N) is 1. The summed E-state index contributed by atoms with van der Waals surface area (Å²) in [5.74, 6) is -0.171. The molecule has 0 heterocycles. The Kier molecular flexibility index (Phi) is 6.98. The maximum atomic E-state index is 12.2. The van der Waals surface area contributed by atoms with Crippen molar-refractivity contribution in [2.24, 2.45) is 0 Å². The van der Waals surface area contributed by atoms with Crippen LogP contribution in [0.25, 0.3) is 0 Å². The molecule has 2 aromatic rings. The van der Waals surface area contributed by atoms with E-state index in [-0.39, 0.29) is 30.9 Å². The number of likely N-dealkylation sites (N-methyl/N-ethyl adjacent to an activating group) is 1. The first-order chi connectivity index (χ1) is 11.7. The van der Waals surface area contributed by atoms with Crippen molar-refractivity contribution in [3.63, 3.8) is 0 Å².